The summed E-state index contributed by atoms with van der Waals surface area (Å²) >= 11 is 0. The summed E-state index contributed by atoms with van der Waals surface area (Å²) in [4.78, 5) is 13.5. The van der Waals surface area contributed by atoms with Crippen LogP contribution in [0.25, 0.3) is 4.85 Å². The van der Waals surface area contributed by atoms with Crippen molar-refractivity contribution in [3.05, 3.63) is 53.1 Å². The van der Waals surface area contributed by atoms with E-state index < -0.39 is 0 Å². The van der Waals surface area contributed by atoms with Gasteiger partial charge >= 0.3 is 0 Å². The second kappa shape index (κ2) is 5.48. The smallest absolute Gasteiger partial charge is 0.299 e. The molecule has 0 fully saturated rings. The lowest BCUT2D eigenvalue weighted by molar-refractivity contribution is -0.121. The molecule has 0 atom stereocenters. The van der Waals surface area contributed by atoms with Crippen LogP contribution >= 0.6 is 0 Å². The standard InChI is InChI=1S/C13H8N4O2/c1-15-11(8-14)12-7-13(19-9-18)16-17(12)10-5-3-2-4-6-10/h2-6,9H,7H2/b12-11+. The molecule has 0 aromatic heterocycles. The van der Waals surface area contributed by atoms with Crippen LogP contribution < -0.4 is 5.01 Å². The highest BCUT2D eigenvalue weighted by molar-refractivity contribution is 5.89. The van der Waals surface area contributed by atoms with Crippen LogP contribution in [0.4, 0.5) is 5.69 Å². The number of carbonyl (C=O) groups excluding carboxylic acids is 1. The minimum atomic E-state index is -0.0721. The number of rotatable bonds is 2. The van der Waals surface area contributed by atoms with Gasteiger partial charge in [-0.3, -0.25) is 4.79 Å². The average Bonchev–Trinajstić information content (AvgIpc) is 2.86. The summed E-state index contributed by atoms with van der Waals surface area (Å²) in [5.41, 5.74) is 1.02. The van der Waals surface area contributed by atoms with Gasteiger partial charge in [0, 0.05) is 0 Å². The Morgan fingerprint density at radius 2 is 2.26 bits per heavy atom. The molecule has 0 unspecified atom stereocenters. The molecule has 6 nitrogen and oxygen atoms in total. The third-order valence-electron chi connectivity index (χ3n) is 2.46. The Kier molecular flexibility index (Phi) is 3.56. The zero-order chi connectivity index (χ0) is 13.7. The normalized spacial score (nSPS) is 16.1. The van der Waals surface area contributed by atoms with Crippen molar-refractivity contribution in [2.75, 3.05) is 5.01 Å². The first-order valence-corrected chi connectivity index (χ1v) is 5.33. The third kappa shape index (κ3) is 2.43. The fraction of sp³-hybridized carbons (Fsp3) is 0.0769. The van der Waals surface area contributed by atoms with Gasteiger partial charge in [-0.2, -0.15) is 0 Å². The van der Waals surface area contributed by atoms with E-state index in [0.717, 1.165) is 0 Å². The Hall–Kier alpha value is -3.12. The summed E-state index contributed by atoms with van der Waals surface area (Å²) in [5.74, 6) is 0.158. The Balaban J connectivity index is 2.47. The van der Waals surface area contributed by atoms with Crippen molar-refractivity contribution < 1.29 is 9.53 Å². The molecule has 1 aromatic rings. The summed E-state index contributed by atoms with van der Waals surface area (Å²) in [7, 11) is 0. The first kappa shape index (κ1) is 12.3. The molecule has 1 aliphatic heterocycles. The molecule has 1 aliphatic rings. The van der Waals surface area contributed by atoms with Gasteiger partial charge in [-0.25, -0.2) is 15.1 Å². The molecule has 2 rings (SSSR count). The van der Waals surface area contributed by atoms with E-state index in [1.807, 2.05) is 24.3 Å². The van der Waals surface area contributed by atoms with Crippen molar-refractivity contribution in [2.45, 2.75) is 6.42 Å². The number of hydrogen-bond donors (Lipinski definition) is 0. The fourth-order valence-corrected chi connectivity index (χ4v) is 1.67. The summed E-state index contributed by atoms with van der Waals surface area (Å²) in [6.45, 7) is 7.27. The first-order valence-electron chi connectivity index (χ1n) is 5.33. The molecule has 0 aliphatic carbocycles. The number of nitriles is 1. The van der Waals surface area contributed by atoms with Crippen molar-refractivity contribution in [1.82, 2.24) is 0 Å². The van der Waals surface area contributed by atoms with Crippen LogP contribution in [-0.4, -0.2) is 12.4 Å². The number of anilines is 1. The van der Waals surface area contributed by atoms with Gasteiger partial charge in [0.25, 0.3) is 12.2 Å². The zero-order valence-electron chi connectivity index (χ0n) is 9.78. The molecule has 0 bridgehead atoms. The molecular formula is C13H8N4O2. The molecular weight excluding hydrogens is 244 g/mol. The van der Waals surface area contributed by atoms with Crippen LogP contribution in [-0.2, 0) is 9.53 Å². The number of nitrogens with zero attached hydrogens (tertiary/aromatic N) is 4. The molecule has 92 valence electrons. The van der Waals surface area contributed by atoms with Gasteiger partial charge in [0.15, 0.2) is 0 Å². The molecule has 0 N–H and O–H groups in total. The Morgan fingerprint density at radius 3 is 2.84 bits per heavy atom. The molecule has 0 spiro atoms. The van der Waals surface area contributed by atoms with Crippen LogP contribution in [0.2, 0.25) is 0 Å². The lowest BCUT2D eigenvalue weighted by Gasteiger charge is -2.15. The maximum atomic E-state index is 10.4. The van der Waals surface area contributed by atoms with Gasteiger partial charge < -0.3 is 4.74 Å². The van der Waals surface area contributed by atoms with E-state index in [1.165, 1.54) is 5.01 Å². The van der Waals surface area contributed by atoms with Crippen molar-refractivity contribution >= 4 is 18.1 Å². The summed E-state index contributed by atoms with van der Waals surface area (Å²) in [6.07, 6.45) is 0.138. The van der Waals surface area contributed by atoms with Crippen molar-refractivity contribution in [3.63, 3.8) is 0 Å². The van der Waals surface area contributed by atoms with Gasteiger partial charge in [0.2, 0.25) is 5.90 Å². The molecule has 0 radical (unpaired) electrons. The summed E-state index contributed by atoms with van der Waals surface area (Å²) in [5, 5.41) is 14.5. The van der Waals surface area contributed by atoms with Crippen LogP contribution in [0.5, 0.6) is 0 Å². The average molecular weight is 252 g/mol. The number of para-hydroxylation sites is 1. The Morgan fingerprint density at radius 1 is 1.53 bits per heavy atom. The van der Waals surface area contributed by atoms with Crippen LogP contribution in [0, 0.1) is 17.9 Å². The lowest BCUT2D eigenvalue weighted by atomic mass is 10.2. The van der Waals surface area contributed by atoms with Gasteiger partial charge in [-0.15, -0.1) is 5.10 Å². The van der Waals surface area contributed by atoms with Crippen molar-refractivity contribution in [3.8, 4) is 6.07 Å². The van der Waals surface area contributed by atoms with E-state index in [0.29, 0.717) is 11.4 Å². The lowest BCUT2D eigenvalue weighted by Crippen LogP contribution is -2.11. The predicted molar refractivity (Wildman–Crippen MR) is 67.4 cm³/mol. The predicted octanol–water partition coefficient (Wildman–Crippen LogP) is 2.04. The quantitative estimate of drug-likeness (QED) is 0.458. The van der Waals surface area contributed by atoms with E-state index in [1.54, 1.807) is 12.1 Å². The van der Waals surface area contributed by atoms with Crippen LogP contribution in [0.15, 0.2) is 46.8 Å². The molecule has 0 saturated carbocycles. The SMILES string of the molecule is [C-]#[N+]/C(C#N)=C1\CC(OC=O)=NN1c1ccccc1. The number of carbonyl (C=O) groups is 1. The highest BCUT2D eigenvalue weighted by Crippen LogP contribution is 2.29. The summed E-state index contributed by atoms with van der Waals surface area (Å²) < 4.78 is 4.71. The second-order valence-electron chi connectivity index (χ2n) is 3.55. The van der Waals surface area contributed by atoms with Gasteiger partial charge in [-0.1, -0.05) is 18.2 Å². The Bertz CT molecular complexity index is 619. The monoisotopic (exact) mass is 252 g/mol. The minimum Gasteiger partial charge on any atom is -0.412 e. The van der Waals surface area contributed by atoms with E-state index in [-0.39, 0.29) is 24.5 Å². The topological polar surface area (TPSA) is 70.0 Å². The van der Waals surface area contributed by atoms with Gasteiger partial charge in [-0.05, 0) is 12.1 Å². The molecule has 0 saturated heterocycles. The number of hydrazone groups is 1. The van der Waals surface area contributed by atoms with Crippen LogP contribution in [0.1, 0.15) is 6.42 Å². The van der Waals surface area contributed by atoms with Crippen LogP contribution in [0.3, 0.4) is 0 Å². The zero-order valence-corrected chi connectivity index (χ0v) is 9.78. The summed E-state index contributed by atoms with van der Waals surface area (Å²) in [6, 6.07) is 10.9. The molecule has 1 aromatic carbocycles. The maximum absolute atomic E-state index is 10.4. The van der Waals surface area contributed by atoms with E-state index in [4.69, 9.17) is 16.6 Å². The van der Waals surface area contributed by atoms with Crippen molar-refractivity contribution in [2.24, 2.45) is 5.10 Å². The molecule has 1 heterocycles. The number of hydrogen-bond acceptors (Lipinski definition) is 5. The molecule has 0 amide bonds. The highest BCUT2D eigenvalue weighted by Gasteiger charge is 2.26. The molecule has 6 heteroatoms. The third-order valence-corrected chi connectivity index (χ3v) is 2.46. The number of benzene rings is 1. The Labute approximate surface area is 109 Å². The van der Waals surface area contributed by atoms with E-state index in [9.17, 15) is 4.79 Å². The maximum Gasteiger partial charge on any atom is 0.299 e. The van der Waals surface area contributed by atoms with Crippen molar-refractivity contribution in [1.29, 1.82) is 5.26 Å². The fourth-order valence-electron chi connectivity index (χ4n) is 1.67. The largest absolute Gasteiger partial charge is 0.412 e. The molecule has 19 heavy (non-hydrogen) atoms. The number of ether oxygens (including phenoxy) is 1. The first-order chi connectivity index (χ1) is 9.30. The highest BCUT2D eigenvalue weighted by atomic mass is 16.5. The van der Waals surface area contributed by atoms with Gasteiger partial charge in [0.05, 0.1) is 30.4 Å². The van der Waals surface area contributed by atoms with E-state index >= 15 is 0 Å². The number of allylic oxidation sites excluding steroid dienone is 1. The van der Waals surface area contributed by atoms with E-state index in [2.05, 4.69) is 9.95 Å². The van der Waals surface area contributed by atoms with Gasteiger partial charge in [0.1, 0.15) is 0 Å². The second-order valence-corrected chi connectivity index (χ2v) is 3.55. The minimum absolute atomic E-state index is 0.0721.